The number of nitrogens with zero attached hydrogens (tertiary/aromatic N) is 4. The zero-order valence-corrected chi connectivity index (χ0v) is 22.6. The van der Waals surface area contributed by atoms with Crippen LogP contribution in [0.15, 0.2) is 30.6 Å². The Morgan fingerprint density at radius 1 is 1.18 bits per heavy atom. The Labute approximate surface area is 225 Å². The van der Waals surface area contributed by atoms with Gasteiger partial charge in [-0.15, -0.1) is 0 Å². The van der Waals surface area contributed by atoms with Gasteiger partial charge in [0.2, 0.25) is 0 Å². The number of fused-ring (bicyclic) bond motifs is 10. The second-order valence-electron chi connectivity index (χ2n) is 11.1. The van der Waals surface area contributed by atoms with Crippen molar-refractivity contribution in [2.45, 2.75) is 33.2 Å². The molecular weight excluding hydrogens is 494 g/mol. The molecular formula is C30H33N5O4. The second kappa shape index (κ2) is 9.05. The van der Waals surface area contributed by atoms with E-state index >= 15 is 0 Å². The molecule has 3 aromatic heterocycles. The molecule has 1 aliphatic carbocycles. The van der Waals surface area contributed by atoms with E-state index in [0.29, 0.717) is 38.0 Å². The Hall–Kier alpha value is -3.98. The lowest BCUT2D eigenvalue weighted by Crippen LogP contribution is -2.42. The van der Waals surface area contributed by atoms with Gasteiger partial charge in [0.1, 0.15) is 5.75 Å². The number of amides is 1. The predicted octanol–water partition coefficient (Wildman–Crippen LogP) is 4.37. The number of carbonyl (C=O) groups is 1. The van der Waals surface area contributed by atoms with Gasteiger partial charge < -0.3 is 29.0 Å². The minimum absolute atomic E-state index is 0.00429. The van der Waals surface area contributed by atoms with Gasteiger partial charge in [-0.3, -0.25) is 9.48 Å². The lowest BCUT2D eigenvalue weighted by molar-refractivity contribution is -0.137. The Morgan fingerprint density at radius 3 is 2.79 bits per heavy atom. The fourth-order valence-corrected chi connectivity index (χ4v) is 6.46. The van der Waals surface area contributed by atoms with Crippen LogP contribution in [0.4, 0.5) is 0 Å². The number of ether oxygens (including phenoxy) is 2. The van der Waals surface area contributed by atoms with E-state index in [0.717, 1.165) is 63.3 Å². The molecule has 39 heavy (non-hydrogen) atoms. The van der Waals surface area contributed by atoms with Crippen LogP contribution < -0.4 is 4.74 Å². The lowest BCUT2D eigenvalue weighted by Gasteiger charge is -2.26. The molecule has 1 amide bonds. The number of H-pyrrole nitrogens is 1. The molecule has 9 nitrogen and oxygen atoms in total. The number of carbonyl (C=O) groups excluding carboxylic acids is 1. The molecule has 1 aliphatic heterocycles. The van der Waals surface area contributed by atoms with Crippen molar-refractivity contribution in [3.8, 4) is 22.8 Å². The summed E-state index contributed by atoms with van der Waals surface area (Å²) in [7, 11) is 1.95. The summed E-state index contributed by atoms with van der Waals surface area (Å²) in [6, 6.07) is 6.12. The third-order valence-corrected chi connectivity index (χ3v) is 8.06. The molecule has 5 aromatic rings. The number of hydrogen-bond acceptors (Lipinski definition) is 5. The van der Waals surface area contributed by atoms with E-state index in [-0.39, 0.29) is 18.4 Å². The molecule has 2 aliphatic rings. The predicted molar refractivity (Wildman–Crippen MR) is 150 cm³/mol. The highest BCUT2D eigenvalue weighted by Gasteiger charge is 2.30. The van der Waals surface area contributed by atoms with Crippen LogP contribution in [0.5, 0.6) is 11.6 Å². The number of hydrogen-bond donors (Lipinski definition) is 2. The van der Waals surface area contributed by atoms with Crippen LogP contribution in [0, 0.1) is 5.92 Å². The van der Waals surface area contributed by atoms with E-state index in [4.69, 9.17) is 14.6 Å². The molecule has 2 aromatic carbocycles. The maximum absolute atomic E-state index is 12.7. The van der Waals surface area contributed by atoms with Gasteiger partial charge in [-0.05, 0) is 42.5 Å². The van der Waals surface area contributed by atoms with Crippen LogP contribution in [-0.4, -0.2) is 68.2 Å². The number of rotatable bonds is 5. The Morgan fingerprint density at radius 2 is 2.00 bits per heavy atom. The third kappa shape index (κ3) is 3.78. The summed E-state index contributed by atoms with van der Waals surface area (Å²) in [5, 5.41) is 19.7. The van der Waals surface area contributed by atoms with E-state index in [1.807, 2.05) is 24.0 Å². The quantitative estimate of drug-likeness (QED) is 0.354. The first-order valence-electron chi connectivity index (χ1n) is 13.7. The zero-order valence-electron chi connectivity index (χ0n) is 22.6. The summed E-state index contributed by atoms with van der Waals surface area (Å²) in [5.74, 6) is 1.25. The van der Waals surface area contributed by atoms with Crippen molar-refractivity contribution in [2.24, 2.45) is 13.0 Å². The maximum atomic E-state index is 12.7. The van der Waals surface area contributed by atoms with Crippen LogP contribution in [0.3, 0.4) is 0 Å². The normalized spacial score (nSPS) is 15.4. The van der Waals surface area contributed by atoms with Gasteiger partial charge in [0, 0.05) is 71.9 Å². The summed E-state index contributed by atoms with van der Waals surface area (Å²) in [5.41, 5.74) is 6.81. The molecule has 202 valence electrons. The molecule has 0 radical (unpaired) electrons. The number of morpholine rings is 1. The molecule has 7 rings (SSSR count). The highest BCUT2D eigenvalue weighted by molar-refractivity contribution is 6.26. The molecule has 0 spiro atoms. The van der Waals surface area contributed by atoms with Crippen LogP contribution in [0.1, 0.15) is 25.1 Å². The molecule has 9 heteroatoms. The molecule has 0 unspecified atom stereocenters. The van der Waals surface area contributed by atoms with Crippen molar-refractivity contribution >= 4 is 38.5 Å². The number of aromatic amines is 1. The third-order valence-electron chi connectivity index (χ3n) is 8.06. The molecule has 1 saturated heterocycles. The van der Waals surface area contributed by atoms with Crippen LogP contribution in [-0.2, 0) is 36.0 Å². The van der Waals surface area contributed by atoms with Crippen molar-refractivity contribution < 1.29 is 19.4 Å². The molecule has 1 fully saturated rings. The molecule has 2 N–H and O–H groups in total. The topological polar surface area (TPSA) is 97.5 Å². The van der Waals surface area contributed by atoms with Crippen LogP contribution in [0.2, 0.25) is 0 Å². The van der Waals surface area contributed by atoms with Crippen molar-refractivity contribution in [3.63, 3.8) is 0 Å². The van der Waals surface area contributed by atoms with Gasteiger partial charge in [0.15, 0.2) is 12.5 Å². The molecule has 0 atom stereocenters. The average molecular weight is 528 g/mol. The van der Waals surface area contributed by atoms with Gasteiger partial charge in [0.05, 0.1) is 29.8 Å². The smallest absolute Gasteiger partial charge is 0.260 e. The van der Waals surface area contributed by atoms with E-state index in [2.05, 4.69) is 41.7 Å². The van der Waals surface area contributed by atoms with Crippen molar-refractivity contribution in [2.75, 3.05) is 32.9 Å². The van der Waals surface area contributed by atoms with Gasteiger partial charge >= 0.3 is 0 Å². The van der Waals surface area contributed by atoms with Crippen LogP contribution in [0.25, 0.3) is 43.7 Å². The minimum Gasteiger partial charge on any atom is -0.494 e. The highest BCUT2D eigenvalue weighted by atomic mass is 16.5. The Bertz CT molecular complexity index is 1750. The molecule has 0 saturated carbocycles. The molecule has 0 bridgehead atoms. The summed E-state index contributed by atoms with van der Waals surface area (Å²) in [4.78, 5) is 17.6. The van der Waals surface area contributed by atoms with Gasteiger partial charge in [-0.2, -0.15) is 5.10 Å². The number of benzene rings is 2. The van der Waals surface area contributed by atoms with E-state index in [9.17, 15) is 9.90 Å². The standard InChI is InChI=1S/C30H33N5O4/c1-17(2)14-35-24-7-4-18(39-16-25(36)34-8-10-38-11-9-34)12-20(24)27-21-13-31-30(37)28(21)26-19(29(27)35)5-6-23-22(26)15-33(3)32-23/h4,7,12-13,15,17,31,37H,5-6,8-11,14,16H2,1-3H3. The monoisotopic (exact) mass is 527 g/mol. The first-order chi connectivity index (χ1) is 18.9. The number of nitrogens with one attached hydrogen (secondary N) is 1. The van der Waals surface area contributed by atoms with Gasteiger partial charge in [-0.1, -0.05) is 13.8 Å². The average Bonchev–Trinajstić information content (AvgIpc) is 3.60. The first-order valence-corrected chi connectivity index (χ1v) is 13.7. The summed E-state index contributed by atoms with van der Waals surface area (Å²) < 4.78 is 15.7. The van der Waals surface area contributed by atoms with E-state index < -0.39 is 0 Å². The van der Waals surface area contributed by atoms with Crippen LogP contribution >= 0.6 is 0 Å². The second-order valence-corrected chi connectivity index (χ2v) is 11.1. The fourth-order valence-electron chi connectivity index (χ4n) is 6.46. The maximum Gasteiger partial charge on any atom is 0.260 e. The Balaban J connectivity index is 1.43. The summed E-state index contributed by atoms with van der Waals surface area (Å²) in [6.45, 7) is 7.66. The lowest BCUT2D eigenvalue weighted by atomic mass is 9.85. The van der Waals surface area contributed by atoms with Crippen molar-refractivity contribution in [1.82, 2.24) is 24.2 Å². The minimum atomic E-state index is -0.0278. The number of aromatic hydroxyl groups is 1. The number of aryl methyl sites for hydroxylation is 3. The van der Waals surface area contributed by atoms with Gasteiger partial charge in [0.25, 0.3) is 5.91 Å². The largest absolute Gasteiger partial charge is 0.494 e. The molecule has 4 heterocycles. The first kappa shape index (κ1) is 24.1. The van der Waals surface area contributed by atoms with Gasteiger partial charge in [-0.25, -0.2) is 0 Å². The summed E-state index contributed by atoms with van der Waals surface area (Å²) >= 11 is 0. The van der Waals surface area contributed by atoms with Crippen molar-refractivity contribution in [3.05, 3.63) is 41.9 Å². The van der Waals surface area contributed by atoms with E-state index in [1.54, 1.807) is 4.90 Å². The SMILES string of the molecule is CC(C)Cn1c2ccc(OCC(=O)N3CCOCC3)cc2c2c3c[nH]c(O)c3c3c(c21)CCc1nn(C)cc1-3. The Kier molecular flexibility index (Phi) is 5.59. The van der Waals surface area contributed by atoms with E-state index in [1.165, 1.54) is 11.1 Å². The fraction of sp³-hybridized carbons (Fsp3) is 0.400. The number of aromatic nitrogens is 4. The van der Waals surface area contributed by atoms with Crippen molar-refractivity contribution in [1.29, 1.82) is 0 Å². The highest BCUT2D eigenvalue weighted by Crippen LogP contribution is 2.49. The zero-order chi connectivity index (χ0) is 26.8. The summed E-state index contributed by atoms with van der Waals surface area (Å²) in [6.07, 6.45) is 5.68.